The summed E-state index contributed by atoms with van der Waals surface area (Å²) in [6.45, 7) is 5.12. The Balaban J connectivity index is 1.46. The van der Waals surface area contributed by atoms with E-state index in [1.54, 1.807) is 0 Å². The van der Waals surface area contributed by atoms with Crippen LogP contribution < -0.4 is 10.0 Å². The molecule has 0 saturated carbocycles. The minimum atomic E-state index is -3.70. The van der Waals surface area contributed by atoms with Crippen LogP contribution in [0.25, 0.3) is 0 Å². The van der Waals surface area contributed by atoms with E-state index in [0.717, 1.165) is 70.0 Å². The van der Waals surface area contributed by atoms with Crippen molar-refractivity contribution in [3.05, 3.63) is 28.3 Å². The van der Waals surface area contributed by atoms with E-state index in [1.807, 2.05) is 0 Å². The van der Waals surface area contributed by atoms with Crippen molar-refractivity contribution in [1.29, 1.82) is 0 Å². The number of sulfonamides is 1. The number of anilines is 1. The third-order valence-electron chi connectivity index (χ3n) is 6.71. The van der Waals surface area contributed by atoms with Crippen LogP contribution in [0, 0.1) is 0 Å². The summed E-state index contributed by atoms with van der Waals surface area (Å²) in [6, 6.07) is 1.96. The highest BCUT2D eigenvalue weighted by Crippen LogP contribution is 2.38. The summed E-state index contributed by atoms with van der Waals surface area (Å²) in [5.41, 5.74) is 5.92. The molecule has 1 heterocycles. The molecule has 0 spiro atoms. The first-order valence-electron chi connectivity index (χ1n) is 11.1. The van der Waals surface area contributed by atoms with Crippen molar-refractivity contribution >= 4 is 21.7 Å². The van der Waals surface area contributed by atoms with Gasteiger partial charge in [-0.05, 0) is 94.0 Å². The quantitative estimate of drug-likeness (QED) is 0.767. The van der Waals surface area contributed by atoms with Crippen LogP contribution in [-0.4, -0.2) is 43.7 Å². The number of rotatable bonds is 5. The second-order valence-electron chi connectivity index (χ2n) is 9.05. The smallest absolute Gasteiger partial charge is 0.307 e. The van der Waals surface area contributed by atoms with Crippen LogP contribution >= 0.6 is 0 Å². The van der Waals surface area contributed by atoms with Gasteiger partial charge in [-0.3, -0.25) is 4.90 Å². The number of carbonyl (C=O) groups is 1. The van der Waals surface area contributed by atoms with Gasteiger partial charge in [0.15, 0.2) is 0 Å². The first-order chi connectivity index (χ1) is 13.8. The Morgan fingerprint density at radius 3 is 2.34 bits per heavy atom. The maximum absolute atomic E-state index is 12.7. The summed E-state index contributed by atoms with van der Waals surface area (Å²) < 4.78 is 27.8. The maximum atomic E-state index is 12.7. The third-order valence-corrected chi connectivity index (χ3v) is 8.03. The number of hydrogen-bond acceptors (Lipinski definition) is 4. The van der Waals surface area contributed by atoms with E-state index in [9.17, 15) is 13.2 Å². The standard InChI is InChI=1S/C22H33N3O3S/c1-15(2)25-12-4-3-9-18(25)14-29(27,28)24-22(26)23-21-19-10-5-7-16(19)13-17-8-6-11-20(17)21/h13,15,18H,3-12,14H2,1-2H3,(H2,23,24,26). The fourth-order valence-corrected chi connectivity index (χ4v) is 6.71. The van der Waals surface area contributed by atoms with E-state index >= 15 is 0 Å². The first kappa shape index (κ1) is 20.7. The predicted octanol–water partition coefficient (Wildman–Crippen LogP) is 3.38. The summed E-state index contributed by atoms with van der Waals surface area (Å²) in [7, 11) is -3.70. The molecule has 29 heavy (non-hydrogen) atoms. The lowest BCUT2D eigenvalue weighted by molar-refractivity contribution is 0.125. The van der Waals surface area contributed by atoms with Crippen LogP contribution in [0.4, 0.5) is 10.5 Å². The minimum absolute atomic E-state index is 0.0242. The molecule has 2 amide bonds. The largest absolute Gasteiger partial charge is 0.332 e. The van der Waals surface area contributed by atoms with Crippen molar-refractivity contribution in [2.75, 3.05) is 17.6 Å². The van der Waals surface area contributed by atoms with E-state index in [0.29, 0.717) is 6.04 Å². The number of amides is 2. The number of urea groups is 1. The summed E-state index contributed by atoms with van der Waals surface area (Å²) in [4.78, 5) is 14.9. The molecule has 6 nitrogen and oxygen atoms in total. The Hall–Kier alpha value is -1.60. The van der Waals surface area contributed by atoms with Gasteiger partial charge < -0.3 is 5.32 Å². The van der Waals surface area contributed by atoms with Crippen molar-refractivity contribution in [3.63, 3.8) is 0 Å². The minimum Gasteiger partial charge on any atom is -0.307 e. The molecule has 0 bridgehead atoms. The normalized spacial score (nSPS) is 21.8. The zero-order chi connectivity index (χ0) is 20.6. The Kier molecular flexibility index (Phi) is 5.89. The van der Waals surface area contributed by atoms with Crippen LogP contribution in [0.15, 0.2) is 6.07 Å². The number of fused-ring (bicyclic) bond motifs is 2. The highest BCUT2D eigenvalue weighted by molar-refractivity contribution is 7.90. The molecule has 2 aliphatic carbocycles. The lowest BCUT2D eigenvalue weighted by Crippen LogP contribution is -2.49. The van der Waals surface area contributed by atoms with Crippen molar-refractivity contribution in [1.82, 2.24) is 9.62 Å². The van der Waals surface area contributed by atoms with Crippen molar-refractivity contribution in [2.45, 2.75) is 83.7 Å². The topological polar surface area (TPSA) is 78.5 Å². The summed E-state index contributed by atoms with van der Waals surface area (Å²) in [5.74, 6) is -0.0242. The van der Waals surface area contributed by atoms with Gasteiger partial charge in [0.25, 0.3) is 0 Å². The zero-order valence-electron chi connectivity index (χ0n) is 17.6. The lowest BCUT2D eigenvalue weighted by Gasteiger charge is -2.38. The molecule has 0 aromatic heterocycles. The van der Waals surface area contributed by atoms with E-state index in [2.05, 4.69) is 34.9 Å². The molecule has 1 saturated heterocycles. The molecular weight excluding hydrogens is 386 g/mol. The van der Waals surface area contributed by atoms with Crippen LogP contribution in [-0.2, 0) is 35.7 Å². The van der Waals surface area contributed by atoms with Crippen LogP contribution in [0.2, 0.25) is 0 Å². The number of carbonyl (C=O) groups excluding carboxylic acids is 1. The Morgan fingerprint density at radius 2 is 1.72 bits per heavy atom. The van der Waals surface area contributed by atoms with Crippen LogP contribution in [0.1, 0.15) is 68.2 Å². The molecule has 1 aromatic carbocycles. The van der Waals surface area contributed by atoms with E-state index in [-0.39, 0.29) is 11.8 Å². The number of piperidine rings is 1. The van der Waals surface area contributed by atoms with Crippen LogP contribution in [0.3, 0.4) is 0 Å². The highest BCUT2D eigenvalue weighted by Gasteiger charge is 2.31. The van der Waals surface area contributed by atoms with Crippen LogP contribution in [0.5, 0.6) is 0 Å². The maximum Gasteiger partial charge on any atom is 0.332 e. The monoisotopic (exact) mass is 419 g/mol. The molecule has 4 rings (SSSR count). The van der Waals surface area contributed by atoms with Gasteiger partial charge in [-0.25, -0.2) is 17.9 Å². The summed E-state index contributed by atoms with van der Waals surface area (Å²) in [6.07, 6.45) is 9.20. The van der Waals surface area contributed by atoms with Gasteiger partial charge in [0.2, 0.25) is 10.0 Å². The molecule has 3 aliphatic rings. The van der Waals surface area contributed by atoms with E-state index in [4.69, 9.17) is 0 Å². The summed E-state index contributed by atoms with van der Waals surface area (Å²) in [5, 5.41) is 2.93. The average molecular weight is 420 g/mol. The lowest BCUT2D eigenvalue weighted by atomic mass is 9.99. The molecular formula is C22H33N3O3S. The second kappa shape index (κ2) is 8.26. The molecule has 0 radical (unpaired) electrons. The fraction of sp³-hybridized carbons (Fsp3) is 0.682. The van der Waals surface area contributed by atoms with Gasteiger partial charge in [0.1, 0.15) is 0 Å². The molecule has 1 aliphatic heterocycles. The van der Waals surface area contributed by atoms with Gasteiger partial charge in [0.05, 0.1) is 5.75 Å². The highest BCUT2D eigenvalue weighted by atomic mass is 32.2. The molecule has 2 N–H and O–H groups in total. The van der Waals surface area contributed by atoms with Crippen molar-refractivity contribution in [3.8, 4) is 0 Å². The summed E-state index contributed by atoms with van der Waals surface area (Å²) >= 11 is 0. The molecule has 1 fully saturated rings. The second-order valence-corrected chi connectivity index (χ2v) is 10.8. The molecule has 1 aromatic rings. The SMILES string of the molecule is CC(C)N1CCCCC1CS(=O)(=O)NC(=O)Nc1c2c(cc3c1CCC3)CCC2. The number of nitrogens with zero attached hydrogens (tertiary/aromatic N) is 1. The van der Waals surface area contributed by atoms with Crippen molar-refractivity contribution in [2.24, 2.45) is 0 Å². The number of benzene rings is 1. The van der Waals surface area contributed by atoms with E-state index in [1.165, 1.54) is 22.3 Å². The number of likely N-dealkylation sites (tertiary alicyclic amines) is 1. The Morgan fingerprint density at radius 1 is 1.07 bits per heavy atom. The van der Waals surface area contributed by atoms with E-state index < -0.39 is 16.1 Å². The van der Waals surface area contributed by atoms with Gasteiger partial charge >= 0.3 is 6.03 Å². The number of nitrogens with one attached hydrogen (secondary N) is 2. The van der Waals surface area contributed by atoms with Gasteiger partial charge in [-0.15, -0.1) is 0 Å². The predicted molar refractivity (Wildman–Crippen MR) is 116 cm³/mol. The first-order valence-corrected chi connectivity index (χ1v) is 12.7. The molecule has 160 valence electrons. The average Bonchev–Trinajstić information content (AvgIpc) is 3.29. The van der Waals surface area contributed by atoms with Crippen molar-refractivity contribution < 1.29 is 13.2 Å². The molecule has 7 heteroatoms. The molecule has 1 unspecified atom stereocenters. The Bertz CT molecular complexity index is 863. The zero-order valence-corrected chi connectivity index (χ0v) is 18.4. The fourth-order valence-electron chi connectivity index (χ4n) is 5.42. The third kappa shape index (κ3) is 4.45. The van der Waals surface area contributed by atoms with Gasteiger partial charge in [0, 0.05) is 17.8 Å². The molecule has 1 atom stereocenters. The number of hydrogen-bond donors (Lipinski definition) is 2. The number of aryl methyl sites for hydroxylation is 2. The van der Waals surface area contributed by atoms with Gasteiger partial charge in [-0.2, -0.15) is 0 Å². The van der Waals surface area contributed by atoms with Gasteiger partial charge in [-0.1, -0.05) is 12.5 Å². The Labute approximate surface area is 174 Å².